The van der Waals surface area contributed by atoms with Gasteiger partial charge in [-0.05, 0) is 28.3 Å². The van der Waals surface area contributed by atoms with Gasteiger partial charge in [0.05, 0.1) is 0 Å². The molecule has 25 heavy (non-hydrogen) atoms. The maximum absolute atomic E-state index is 4.60. The van der Waals surface area contributed by atoms with Crippen LogP contribution in [0.2, 0.25) is 0 Å². The van der Waals surface area contributed by atoms with Crippen molar-refractivity contribution in [2.45, 2.75) is 26.2 Å². The Bertz CT molecular complexity index is 673. The predicted molar refractivity (Wildman–Crippen MR) is 107 cm³/mol. The summed E-state index contributed by atoms with van der Waals surface area (Å²) in [6.07, 6.45) is 0.898. The number of aromatic nitrogens is 2. The zero-order chi connectivity index (χ0) is 17.6. The number of aryl methyl sites for hydroxylation is 1. The second-order valence-corrected chi connectivity index (χ2v) is 7.72. The Morgan fingerprint density at radius 2 is 2.16 bits per heavy atom. The summed E-state index contributed by atoms with van der Waals surface area (Å²) in [6.45, 7) is 9.07. The van der Waals surface area contributed by atoms with E-state index in [1.165, 1.54) is 17.1 Å². The molecule has 8 heteroatoms. The van der Waals surface area contributed by atoms with E-state index >= 15 is 0 Å². The summed E-state index contributed by atoms with van der Waals surface area (Å²) in [5.41, 5.74) is 1.39. The van der Waals surface area contributed by atoms with Gasteiger partial charge in [-0.25, -0.2) is 4.98 Å². The van der Waals surface area contributed by atoms with E-state index in [-0.39, 0.29) is 0 Å². The van der Waals surface area contributed by atoms with Crippen LogP contribution >= 0.6 is 22.9 Å². The van der Waals surface area contributed by atoms with E-state index in [9.17, 15) is 0 Å². The van der Waals surface area contributed by atoms with Crippen LogP contribution in [0.5, 0.6) is 0 Å². The number of hydrogen-bond acceptors (Lipinski definition) is 6. The first kappa shape index (κ1) is 18.1. The van der Waals surface area contributed by atoms with Crippen LogP contribution in [-0.4, -0.2) is 60.0 Å². The zero-order valence-corrected chi connectivity index (χ0v) is 16.7. The Morgan fingerprint density at radius 3 is 2.76 bits per heavy atom. The van der Waals surface area contributed by atoms with Crippen molar-refractivity contribution in [1.29, 1.82) is 0 Å². The van der Waals surface area contributed by atoms with Crippen molar-refractivity contribution in [2.24, 2.45) is 4.99 Å². The highest BCUT2D eigenvalue weighted by Crippen LogP contribution is 2.20. The first-order valence-corrected chi connectivity index (χ1v) is 10.5. The second kappa shape index (κ2) is 8.62. The number of thiophene rings is 1. The number of hydrogen-bond donors (Lipinski definition) is 1. The topological polar surface area (TPSA) is 56.7 Å². The molecule has 2 aromatic rings. The monoisotopic (exact) mass is 378 g/mol. The lowest BCUT2D eigenvalue weighted by Gasteiger charge is -2.36. The molecule has 1 saturated heterocycles. The van der Waals surface area contributed by atoms with Gasteiger partial charge >= 0.3 is 0 Å². The average Bonchev–Trinajstić information content (AvgIpc) is 3.34. The quantitative estimate of drug-likeness (QED) is 0.640. The lowest BCUT2D eigenvalue weighted by atomic mass is 10.1. The van der Waals surface area contributed by atoms with Gasteiger partial charge in [0, 0.05) is 57.7 Å². The predicted octanol–water partition coefficient (Wildman–Crippen LogP) is 2.66. The lowest BCUT2D eigenvalue weighted by Crippen LogP contribution is -2.53. The van der Waals surface area contributed by atoms with Crippen LogP contribution in [0.1, 0.15) is 31.2 Å². The van der Waals surface area contributed by atoms with Crippen LogP contribution in [-0.2, 0) is 6.42 Å². The molecule has 1 fully saturated rings. The van der Waals surface area contributed by atoms with Gasteiger partial charge in [0.15, 0.2) is 5.96 Å². The largest absolute Gasteiger partial charge is 0.356 e. The highest BCUT2D eigenvalue weighted by molar-refractivity contribution is 7.09. The van der Waals surface area contributed by atoms with Crippen molar-refractivity contribution in [3.63, 3.8) is 0 Å². The van der Waals surface area contributed by atoms with Gasteiger partial charge < -0.3 is 15.1 Å². The minimum absolute atomic E-state index is 0.484. The van der Waals surface area contributed by atoms with Gasteiger partial charge in [0.2, 0.25) is 5.13 Å². The van der Waals surface area contributed by atoms with Crippen molar-refractivity contribution in [3.05, 3.63) is 28.2 Å². The molecule has 0 spiro atoms. The van der Waals surface area contributed by atoms with Crippen LogP contribution in [0.3, 0.4) is 0 Å². The van der Waals surface area contributed by atoms with E-state index in [2.05, 4.69) is 60.1 Å². The third kappa shape index (κ3) is 4.49. The van der Waals surface area contributed by atoms with Crippen LogP contribution in [0, 0.1) is 0 Å². The standard InChI is InChI=1S/C17H26N6S2/c1-4-15-20-17(25-21-15)23-8-6-22(7-9-23)16(18-3)19-11-13(2)14-5-10-24-12-14/h5,10,12-13H,4,6-9,11H2,1-3H3,(H,18,19). The number of nitrogens with one attached hydrogen (secondary N) is 1. The van der Waals surface area contributed by atoms with Crippen LogP contribution in [0.4, 0.5) is 5.13 Å². The average molecular weight is 379 g/mol. The molecule has 0 aliphatic carbocycles. The van der Waals surface area contributed by atoms with Crippen LogP contribution in [0.15, 0.2) is 21.8 Å². The summed E-state index contributed by atoms with van der Waals surface area (Å²) < 4.78 is 4.39. The fourth-order valence-corrected chi connectivity index (χ4v) is 4.46. The van der Waals surface area contributed by atoms with Crippen molar-refractivity contribution in [1.82, 2.24) is 19.6 Å². The summed E-state index contributed by atoms with van der Waals surface area (Å²) in [5.74, 6) is 2.42. The minimum Gasteiger partial charge on any atom is -0.356 e. The molecule has 2 aromatic heterocycles. The molecule has 3 rings (SSSR count). The number of aliphatic imine (C=N–C) groups is 1. The van der Waals surface area contributed by atoms with Crippen molar-refractivity contribution in [3.8, 4) is 0 Å². The summed E-state index contributed by atoms with van der Waals surface area (Å²) >= 11 is 3.26. The van der Waals surface area contributed by atoms with E-state index in [0.717, 1.165) is 56.1 Å². The Hall–Kier alpha value is -1.67. The zero-order valence-electron chi connectivity index (χ0n) is 15.1. The number of guanidine groups is 1. The van der Waals surface area contributed by atoms with E-state index in [1.807, 2.05) is 7.05 Å². The molecular weight excluding hydrogens is 352 g/mol. The molecule has 0 amide bonds. The molecule has 0 bridgehead atoms. The Labute approximate surface area is 157 Å². The number of rotatable bonds is 5. The molecule has 1 N–H and O–H groups in total. The highest BCUT2D eigenvalue weighted by atomic mass is 32.1. The minimum atomic E-state index is 0.484. The summed E-state index contributed by atoms with van der Waals surface area (Å²) in [6, 6.07) is 2.20. The molecule has 1 atom stereocenters. The van der Waals surface area contributed by atoms with E-state index < -0.39 is 0 Å². The third-order valence-corrected chi connectivity index (χ3v) is 6.03. The summed E-state index contributed by atoms with van der Waals surface area (Å²) in [7, 11) is 1.86. The highest BCUT2D eigenvalue weighted by Gasteiger charge is 2.22. The maximum Gasteiger partial charge on any atom is 0.205 e. The molecule has 6 nitrogen and oxygen atoms in total. The number of nitrogens with zero attached hydrogens (tertiary/aromatic N) is 5. The van der Waals surface area contributed by atoms with Gasteiger partial charge in [-0.15, -0.1) is 0 Å². The molecule has 3 heterocycles. The Morgan fingerprint density at radius 1 is 1.36 bits per heavy atom. The molecular formula is C17H26N6S2. The Balaban J connectivity index is 1.50. The normalized spacial score (nSPS) is 17.0. The maximum atomic E-state index is 4.60. The van der Waals surface area contributed by atoms with E-state index in [1.54, 1.807) is 11.3 Å². The van der Waals surface area contributed by atoms with Gasteiger partial charge in [-0.2, -0.15) is 15.7 Å². The first-order valence-electron chi connectivity index (χ1n) is 8.76. The smallest absolute Gasteiger partial charge is 0.205 e. The molecule has 0 aromatic carbocycles. The van der Waals surface area contributed by atoms with Gasteiger partial charge in [0.25, 0.3) is 0 Å². The molecule has 1 unspecified atom stereocenters. The van der Waals surface area contributed by atoms with Crippen molar-refractivity contribution < 1.29 is 0 Å². The SMILES string of the molecule is CCc1nsc(N2CCN(C(=NC)NCC(C)c3ccsc3)CC2)n1. The molecule has 0 saturated carbocycles. The molecule has 0 radical (unpaired) electrons. The van der Waals surface area contributed by atoms with Crippen molar-refractivity contribution in [2.75, 3.05) is 44.7 Å². The van der Waals surface area contributed by atoms with Crippen molar-refractivity contribution >= 4 is 34.0 Å². The molecule has 136 valence electrons. The lowest BCUT2D eigenvalue weighted by molar-refractivity contribution is 0.371. The van der Waals surface area contributed by atoms with Crippen LogP contribution in [0.25, 0.3) is 0 Å². The van der Waals surface area contributed by atoms with E-state index in [4.69, 9.17) is 0 Å². The summed E-state index contributed by atoms with van der Waals surface area (Å²) in [5, 5.41) is 8.94. The summed E-state index contributed by atoms with van der Waals surface area (Å²) in [4.78, 5) is 13.7. The van der Waals surface area contributed by atoms with Gasteiger partial charge in [0.1, 0.15) is 5.82 Å². The fraction of sp³-hybridized carbons (Fsp3) is 0.588. The van der Waals surface area contributed by atoms with Gasteiger partial charge in [-0.1, -0.05) is 13.8 Å². The Kier molecular flexibility index (Phi) is 6.25. The molecule has 1 aliphatic rings. The van der Waals surface area contributed by atoms with Gasteiger partial charge in [-0.3, -0.25) is 4.99 Å². The van der Waals surface area contributed by atoms with Crippen LogP contribution < -0.4 is 10.2 Å². The fourth-order valence-electron chi connectivity index (χ4n) is 2.88. The second-order valence-electron chi connectivity index (χ2n) is 6.21. The van der Waals surface area contributed by atoms with E-state index in [0.29, 0.717) is 5.92 Å². The number of piperazine rings is 1. The first-order chi connectivity index (χ1) is 12.2. The molecule has 1 aliphatic heterocycles. The number of anilines is 1. The third-order valence-electron chi connectivity index (χ3n) is 4.51.